The molecule has 0 saturated heterocycles. The standard InChI is InChI=1S/C20H24Cl2N6/c1-3-23-20(25-14(2)15-9-10-16(21)17(22)13-15)24-11-6-8-19-27-26-18-7-4-5-12-28(18)19/h4-5,7,9-10,12-14H,3,6,8,11H2,1-2H3,(H2,23,24,25). The van der Waals surface area contributed by atoms with Gasteiger partial charge in [0.1, 0.15) is 5.82 Å². The molecule has 0 aliphatic rings. The van der Waals surface area contributed by atoms with Gasteiger partial charge in [-0.25, -0.2) is 0 Å². The maximum absolute atomic E-state index is 6.13. The Morgan fingerprint density at radius 2 is 2.04 bits per heavy atom. The molecule has 1 atom stereocenters. The zero-order chi connectivity index (χ0) is 19.9. The van der Waals surface area contributed by atoms with Crippen molar-refractivity contribution in [2.75, 3.05) is 13.1 Å². The van der Waals surface area contributed by atoms with Crippen LogP contribution in [0, 0.1) is 0 Å². The molecule has 0 aliphatic heterocycles. The Balaban J connectivity index is 1.58. The molecule has 148 valence electrons. The molecule has 2 aromatic heterocycles. The van der Waals surface area contributed by atoms with E-state index in [1.165, 1.54) is 0 Å². The fourth-order valence-corrected chi connectivity index (χ4v) is 3.19. The number of rotatable bonds is 7. The second-order valence-corrected chi connectivity index (χ2v) is 7.26. The summed E-state index contributed by atoms with van der Waals surface area (Å²) in [5.41, 5.74) is 1.92. The van der Waals surface area contributed by atoms with Crippen LogP contribution in [0.4, 0.5) is 0 Å². The van der Waals surface area contributed by atoms with E-state index in [1.807, 2.05) is 53.9 Å². The smallest absolute Gasteiger partial charge is 0.191 e. The van der Waals surface area contributed by atoms with E-state index < -0.39 is 0 Å². The molecule has 3 rings (SSSR count). The van der Waals surface area contributed by atoms with Gasteiger partial charge in [0, 0.05) is 25.7 Å². The molecule has 0 spiro atoms. The van der Waals surface area contributed by atoms with Crippen LogP contribution in [-0.4, -0.2) is 33.6 Å². The fourth-order valence-electron chi connectivity index (χ4n) is 2.88. The molecule has 0 radical (unpaired) electrons. The molecule has 2 N–H and O–H groups in total. The molecule has 28 heavy (non-hydrogen) atoms. The van der Waals surface area contributed by atoms with Crippen LogP contribution < -0.4 is 10.6 Å². The highest BCUT2D eigenvalue weighted by molar-refractivity contribution is 6.42. The molecule has 0 amide bonds. The van der Waals surface area contributed by atoms with Crippen LogP contribution in [0.1, 0.15) is 37.7 Å². The van der Waals surface area contributed by atoms with E-state index in [4.69, 9.17) is 23.2 Å². The molecule has 1 aromatic carbocycles. The maximum Gasteiger partial charge on any atom is 0.191 e. The van der Waals surface area contributed by atoms with Crippen molar-refractivity contribution in [3.63, 3.8) is 0 Å². The molecule has 2 heterocycles. The number of hydrogen-bond donors (Lipinski definition) is 2. The van der Waals surface area contributed by atoms with Crippen molar-refractivity contribution in [1.29, 1.82) is 0 Å². The first-order chi connectivity index (χ1) is 13.6. The van der Waals surface area contributed by atoms with E-state index in [2.05, 4.69) is 32.7 Å². The Bertz CT molecular complexity index is 953. The van der Waals surface area contributed by atoms with Crippen molar-refractivity contribution in [3.8, 4) is 0 Å². The number of hydrogen-bond acceptors (Lipinski definition) is 3. The topological polar surface area (TPSA) is 66.6 Å². The first-order valence-corrected chi connectivity index (χ1v) is 10.1. The van der Waals surface area contributed by atoms with Gasteiger partial charge in [-0.05, 0) is 50.1 Å². The van der Waals surface area contributed by atoms with Gasteiger partial charge < -0.3 is 10.6 Å². The third-order valence-electron chi connectivity index (χ3n) is 4.35. The third-order valence-corrected chi connectivity index (χ3v) is 5.09. The summed E-state index contributed by atoms with van der Waals surface area (Å²) in [7, 11) is 0. The monoisotopic (exact) mass is 418 g/mol. The SMILES string of the molecule is CCNC(=NCCCc1nnc2ccccn12)NC(C)c1ccc(Cl)c(Cl)c1. The molecule has 0 saturated carbocycles. The number of nitrogens with one attached hydrogen (secondary N) is 2. The minimum atomic E-state index is 0.0491. The van der Waals surface area contributed by atoms with E-state index >= 15 is 0 Å². The van der Waals surface area contributed by atoms with Crippen molar-refractivity contribution in [3.05, 3.63) is 64.0 Å². The van der Waals surface area contributed by atoms with Crippen molar-refractivity contribution >= 4 is 34.8 Å². The van der Waals surface area contributed by atoms with Crippen LogP contribution >= 0.6 is 23.2 Å². The molecule has 1 unspecified atom stereocenters. The first kappa shape index (κ1) is 20.4. The van der Waals surface area contributed by atoms with Crippen molar-refractivity contribution in [1.82, 2.24) is 25.2 Å². The van der Waals surface area contributed by atoms with E-state index in [1.54, 1.807) is 0 Å². The number of aryl methyl sites for hydroxylation is 1. The molecule has 0 fully saturated rings. The molecular weight excluding hydrogens is 395 g/mol. The van der Waals surface area contributed by atoms with E-state index in [-0.39, 0.29) is 6.04 Å². The molecule has 0 bridgehead atoms. The number of fused-ring (bicyclic) bond motifs is 1. The molecule has 0 aliphatic carbocycles. The quantitative estimate of drug-likeness (QED) is 0.341. The van der Waals surface area contributed by atoms with Gasteiger partial charge in [0.15, 0.2) is 11.6 Å². The van der Waals surface area contributed by atoms with Gasteiger partial charge in [0.25, 0.3) is 0 Å². The van der Waals surface area contributed by atoms with Crippen LogP contribution in [0.5, 0.6) is 0 Å². The van der Waals surface area contributed by atoms with Crippen LogP contribution in [0.15, 0.2) is 47.6 Å². The van der Waals surface area contributed by atoms with Crippen LogP contribution in [0.25, 0.3) is 5.65 Å². The van der Waals surface area contributed by atoms with Gasteiger partial charge in [0.2, 0.25) is 0 Å². The Labute approximate surface area is 175 Å². The summed E-state index contributed by atoms with van der Waals surface area (Å²) >= 11 is 12.1. The van der Waals surface area contributed by atoms with E-state index in [9.17, 15) is 0 Å². The number of benzene rings is 1. The largest absolute Gasteiger partial charge is 0.357 e. The van der Waals surface area contributed by atoms with Crippen LogP contribution in [0.2, 0.25) is 10.0 Å². The molecule has 8 heteroatoms. The normalized spacial score (nSPS) is 12.9. The van der Waals surface area contributed by atoms with Crippen LogP contribution in [0.3, 0.4) is 0 Å². The predicted molar refractivity (Wildman–Crippen MR) is 115 cm³/mol. The molecule has 6 nitrogen and oxygen atoms in total. The van der Waals surface area contributed by atoms with E-state index in [0.717, 1.165) is 42.4 Å². The first-order valence-electron chi connectivity index (χ1n) is 9.37. The third kappa shape index (κ3) is 5.14. The highest BCUT2D eigenvalue weighted by atomic mass is 35.5. The predicted octanol–water partition coefficient (Wildman–Crippen LogP) is 4.29. The lowest BCUT2D eigenvalue weighted by atomic mass is 10.1. The lowest BCUT2D eigenvalue weighted by Gasteiger charge is -2.18. The van der Waals surface area contributed by atoms with Gasteiger partial charge in [-0.2, -0.15) is 0 Å². The zero-order valence-corrected chi connectivity index (χ0v) is 17.5. The molecular formula is C20H24Cl2N6. The zero-order valence-electron chi connectivity index (χ0n) is 16.0. The van der Waals surface area contributed by atoms with Crippen molar-refractivity contribution in [2.45, 2.75) is 32.7 Å². The van der Waals surface area contributed by atoms with Gasteiger partial charge >= 0.3 is 0 Å². The van der Waals surface area contributed by atoms with Gasteiger partial charge in [-0.15, -0.1) is 10.2 Å². The van der Waals surface area contributed by atoms with Gasteiger partial charge in [-0.3, -0.25) is 9.39 Å². The lowest BCUT2D eigenvalue weighted by Crippen LogP contribution is -2.38. The summed E-state index contributed by atoms with van der Waals surface area (Å²) < 4.78 is 2.01. The van der Waals surface area contributed by atoms with Crippen molar-refractivity contribution in [2.24, 2.45) is 4.99 Å². The Hall–Kier alpha value is -2.31. The Morgan fingerprint density at radius 1 is 1.18 bits per heavy atom. The summed E-state index contributed by atoms with van der Waals surface area (Å²) in [6.07, 6.45) is 3.68. The number of nitrogens with zero attached hydrogens (tertiary/aromatic N) is 4. The van der Waals surface area contributed by atoms with Gasteiger partial charge in [-0.1, -0.05) is 35.3 Å². The van der Waals surface area contributed by atoms with Crippen molar-refractivity contribution < 1.29 is 0 Å². The second kappa shape index (κ2) is 9.75. The summed E-state index contributed by atoms with van der Waals surface area (Å²) in [5.74, 6) is 1.72. The number of aliphatic imine (C=N–C) groups is 1. The Kier molecular flexibility index (Phi) is 7.12. The van der Waals surface area contributed by atoms with E-state index in [0.29, 0.717) is 16.6 Å². The highest BCUT2D eigenvalue weighted by Gasteiger charge is 2.10. The Morgan fingerprint density at radius 3 is 2.82 bits per heavy atom. The summed E-state index contributed by atoms with van der Waals surface area (Å²) in [5, 5.41) is 16.2. The molecule has 3 aromatic rings. The highest BCUT2D eigenvalue weighted by Crippen LogP contribution is 2.25. The second-order valence-electron chi connectivity index (χ2n) is 6.45. The van der Waals surface area contributed by atoms with Gasteiger partial charge in [0.05, 0.1) is 16.1 Å². The van der Waals surface area contributed by atoms with Crippen LogP contribution in [-0.2, 0) is 6.42 Å². The lowest BCUT2D eigenvalue weighted by molar-refractivity contribution is 0.681. The number of aromatic nitrogens is 3. The summed E-state index contributed by atoms with van der Waals surface area (Å²) in [4.78, 5) is 4.68. The number of guanidine groups is 1. The summed E-state index contributed by atoms with van der Waals surface area (Å²) in [6.45, 7) is 5.58. The average molecular weight is 419 g/mol. The average Bonchev–Trinajstić information content (AvgIpc) is 3.10. The fraction of sp³-hybridized carbons (Fsp3) is 0.350. The number of pyridine rings is 1. The number of halogens is 2. The maximum atomic E-state index is 6.13. The minimum Gasteiger partial charge on any atom is -0.357 e. The summed E-state index contributed by atoms with van der Waals surface area (Å²) in [6, 6.07) is 11.6. The minimum absolute atomic E-state index is 0.0491.